The number of nitrogens with zero attached hydrogens (tertiary/aromatic N) is 2. The Hall–Kier alpha value is -3.32. The number of thioether (sulfide) groups is 1. The van der Waals surface area contributed by atoms with E-state index in [0.717, 1.165) is 17.8 Å². The lowest BCUT2D eigenvalue weighted by molar-refractivity contribution is -0.113. The van der Waals surface area contributed by atoms with Gasteiger partial charge in [-0.25, -0.2) is 4.98 Å². The van der Waals surface area contributed by atoms with E-state index in [9.17, 15) is 9.59 Å². The molecular weight excluding hydrogens is 396 g/mol. The molecule has 2 aromatic heterocycles. The third kappa shape index (κ3) is 4.16. The Labute approximate surface area is 178 Å². The lowest BCUT2D eigenvalue weighted by atomic mass is 10.1. The van der Waals surface area contributed by atoms with Gasteiger partial charge in [0.2, 0.25) is 5.91 Å². The third-order valence-corrected chi connectivity index (χ3v) is 5.69. The van der Waals surface area contributed by atoms with Crippen molar-refractivity contribution in [1.29, 1.82) is 0 Å². The van der Waals surface area contributed by atoms with Gasteiger partial charge in [-0.1, -0.05) is 49.0 Å². The number of aryl methyl sites for hydroxylation is 2. The first-order valence-electron chi connectivity index (χ1n) is 9.74. The summed E-state index contributed by atoms with van der Waals surface area (Å²) < 4.78 is 1.55. The quantitative estimate of drug-likeness (QED) is 0.361. The minimum Gasteiger partial charge on any atom is -0.353 e. The van der Waals surface area contributed by atoms with Gasteiger partial charge in [-0.3, -0.25) is 14.2 Å². The van der Waals surface area contributed by atoms with E-state index in [1.165, 1.54) is 17.3 Å². The summed E-state index contributed by atoms with van der Waals surface area (Å²) in [6, 6.07) is 19.0. The minimum atomic E-state index is -0.183. The molecule has 0 aliphatic carbocycles. The van der Waals surface area contributed by atoms with Crippen LogP contribution in [0.25, 0.3) is 16.7 Å². The molecule has 7 heteroatoms. The van der Waals surface area contributed by atoms with E-state index in [2.05, 4.69) is 22.2 Å². The number of anilines is 1. The fourth-order valence-electron chi connectivity index (χ4n) is 3.23. The van der Waals surface area contributed by atoms with Crippen LogP contribution in [0.1, 0.15) is 18.2 Å². The van der Waals surface area contributed by atoms with Crippen LogP contribution in [0.3, 0.4) is 0 Å². The van der Waals surface area contributed by atoms with Crippen molar-refractivity contribution in [3.63, 3.8) is 0 Å². The van der Waals surface area contributed by atoms with Crippen molar-refractivity contribution in [2.24, 2.45) is 0 Å². The van der Waals surface area contributed by atoms with Crippen molar-refractivity contribution in [2.45, 2.75) is 25.4 Å². The predicted molar refractivity (Wildman–Crippen MR) is 122 cm³/mol. The molecule has 6 nitrogen and oxygen atoms in total. The zero-order valence-corrected chi connectivity index (χ0v) is 17.6. The number of rotatable bonds is 6. The number of carbonyl (C=O) groups excluding carboxylic acids is 1. The van der Waals surface area contributed by atoms with Crippen molar-refractivity contribution >= 4 is 34.4 Å². The molecule has 0 saturated heterocycles. The monoisotopic (exact) mass is 418 g/mol. The predicted octanol–water partition coefficient (Wildman–Crippen LogP) is 4.32. The highest BCUT2D eigenvalue weighted by atomic mass is 32.2. The van der Waals surface area contributed by atoms with Crippen LogP contribution in [0.2, 0.25) is 0 Å². The molecule has 0 unspecified atom stereocenters. The SMILES string of the molecule is CCc1ccc(NC(=O)CSc2nc3cc(C)[nH]c3c(=O)n2-c2ccccc2)cc1. The number of fused-ring (bicyclic) bond motifs is 1. The zero-order chi connectivity index (χ0) is 21.1. The lowest BCUT2D eigenvalue weighted by Crippen LogP contribution is -2.23. The second kappa shape index (κ2) is 8.59. The summed E-state index contributed by atoms with van der Waals surface area (Å²) in [5.41, 5.74) is 4.42. The first-order chi connectivity index (χ1) is 14.5. The van der Waals surface area contributed by atoms with Gasteiger partial charge in [-0.05, 0) is 49.2 Å². The van der Waals surface area contributed by atoms with Gasteiger partial charge in [-0.2, -0.15) is 0 Å². The number of nitrogens with one attached hydrogen (secondary N) is 2. The Morgan fingerprint density at radius 2 is 1.87 bits per heavy atom. The number of amides is 1. The maximum atomic E-state index is 13.1. The molecule has 30 heavy (non-hydrogen) atoms. The summed E-state index contributed by atoms with van der Waals surface area (Å²) in [5.74, 6) is -0.00700. The van der Waals surface area contributed by atoms with Gasteiger partial charge in [0, 0.05) is 11.4 Å². The maximum absolute atomic E-state index is 13.1. The molecule has 152 valence electrons. The molecule has 2 aromatic carbocycles. The van der Waals surface area contributed by atoms with Gasteiger partial charge in [-0.15, -0.1) is 0 Å². The zero-order valence-electron chi connectivity index (χ0n) is 16.8. The van der Waals surface area contributed by atoms with E-state index < -0.39 is 0 Å². The summed E-state index contributed by atoms with van der Waals surface area (Å²) in [5, 5.41) is 3.38. The number of hydrogen-bond donors (Lipinski definition) is 2. The van der Waals surface area contributed by atoms with Crippen LogP contribution >= 0.6 is 11.8 Å². The van der Waals surface area contributed by atoms with E-state index in [-0.39, 0.29) is 17.2 Å². The second-order valence-electron chi connectivity index (χ2n) is 6.97. The number of benzene rings is 2. The van der Waals surface area contributed by atoms with Crippen LogP contribution < -0.4 is 10.9 Å². The van der Waals surface area contributed by atoms with Crippen molar-refractivity contribution in [3.05, 3.63) is 82.3 Å². The Morgan fingerprint density at radius 1 is 1.13 bits per heavy atom. The first-order valence-corrected chi connectivity index (χ1v) is 10.7. The molecule has 0 aliphatic heterocycles. The molecule has 0 aliphatic rings. The van der Waals surface area contributed by atoms with E-state index in [1.54, 1.807) is 4.57 Å². The topological polar surface area (TPSA) is 79.8 Å². The van der Waals surface area contributed by atoms with Crippen LogP contribution in [0.4, 0.5) is 5.69 Å². The molecule has 2 N–H and O–H groups in total. The van der Waals surface area contributed by atoms with Gasteiger partial charge in [0.15, 0.2) is 5.16 Å². The van der Waals surface area contributed by atoms with Crippen molar-refractivity contribution in [2.75, 3.05) is 11.1 Å². The van der Waals surface area contributed by atoms with Gasteiger partial charge < -0.3 is 10.3 Å². The Bertz CT molecular complexity index is 1240. The van der Waals surface area contributed by atoms with E-state index >= 15 is 0 Å². The number of para-hydroxylation sites is 1. The molecule has 0 spiro atoms. The number of aromatic nitrogens is 3. The summed E-state index contributed by atoms with van der Waals surface area (Å²) in [4.78, 5) is 33.4. The number of aromatic amines is 1. The summed E-state index contributed by atoms with van der Waals surface area (Å²) in [6.45, 7) is 3.98. The second-order valence-corrected chi connectivity index (χ2v) is 7.91. The van der Waals surface area contributed by atoms with Gasteiger partial charge in [0.25, 0.3) is 5.56 Å². The Kier molecular flexibility index (Phi) is 5.72. The molecule has 0 atom stereocenters. The molecular formula is C23H22N4O2S. The first kappa shape index (κ1) is 20.0. The normalized spacial score (nSPS) is 11.0. The fourth-order valence-corrected chi connectivity index (χ4v) is 4.04. The lowest BCUT2D eigenvalue weighted by Gasteiger charge is -2.12. The van der Waals surface area contributed by atoms with Crippen LogP contribution in [0.15, 0.2) is 70.6 Å². The summed E-state index contributed by atoms with van der Waals surface area (Å²) in [6.07, 6.45) is 0.952. The summed E-state index contributed by atoms with van der Waals surface area (Å²) in [7, 11) is 0. The van der Waals surface area contributed by atoms with E-state index in [4.69, 9.17) is 0 Å². The molecule has 4 aromatic rings. The molecule has 4 rings (SSSR count). The molecule has 1 amide bonds. The average Bonchev–Trinajstić information content (AvgIpc) is 3.14. The van der Waals surface area contributed by atoms with E-state index in [1.807, 2.05) is 67.6 Å². The highest BCUT2D eigenvalue weighted by molar-refractivity contribution is 7.99. The molecule has 0 saturated carbocycles. The molecule has 0 bridgehead atoms. The number of carbonyl (C=O) groups is 1. The highest BCUT2D eigenvalue weighted by Crippen LogP contribution is 2.22. The van der Waals surface area contributed by atoms with E-state index in [0.29, 0.717) is 21.9 Å². The average molecular weight is 419 g/mol. The van der Waals surface area contributed by atoms with Crippen molar-refractivity contribution in [3.8, 4) is 5.69 Å². The fraction of sp³-hybridized carbons (Fsp3) is 0.174. The van der Waals surface area contributed by atoms with Crippen LogP contribution in [-0.2, 0) is 11.2 Å². The van der Waals surface area contributed by atoms with Crippen LogP contribution in [0, 0.1) is 6.92 Å². The van der Waals surface area contributed by atoms with Gasteiger partial charge in [0.1, 0.15) is 5.52 Å². The molecule has 2 heterocycles. The number of hydrogen-bond acceptors (Lipinski definition) is 4. The smallest absolute Gasteiger partial charge is 0.283 e. The van der Waals surface area contributed by atoms with Crippen molar-refractivity contribution in [1.82, 2.24) is 14.5 Å². The Morgan fingerprint density at radius 3 is 2.57 bits per heavy atom. The van der Waals surface area contributed by atoms with Crippen LogP contribution in [0.5, 0.6) is 0 Å². The summed E-state index contributed by atoms with van der Waals surface area (Å²) >= 11 is 1.24. The highest BCUT2D eigenvalue weighted by Gasteiger charge is 2.16. The standard InChI is InChI=1S/C23H22N4O2S/c1-3-16-9-11-17(12-10-16)25-20(28)14-30-23-26-19-13-15(2)24-21(19)22(29)27(23)18-7-5-4-6-8-18/h4-13,24H,3,14H2,1-2H3,(H,25,28). The van der Waals surface area contributed by atoms with Gasteiger partial charge >= 0.3 is 0 Å². The van der Waals surface area contributed by atoms with Crippen molar-refractivity contribution < 1.29 is 4.79 Å². The van der Waals surface area contributed by atoms with Gasteiger partial charge in [0.05, 0.1) is 17.0 Å². The molecule has 0 radical (unpaired) electrons. The Balaban J connectivity index is 1.61. The minimum absolute atomic E-state index is 0.143. The van der Waals surface area contributed by atoms with Crippen LogP contribution in [-0.4, -0.2) is 26.2 Å². The third-order valence-electron chi connectivity index (χ3n) is 4.75. The maximum Gasteiger partial charge on any atom is 0.283 e. The number of H-pyrrole nitrogens is 1. The largest absolute Gasteiger partial charge is 0.353 e. The molecule has 0 fully saturated rings.